The van der Waals surface area contributed by atoms with Crippen LogP contribution in [0.25, 0.3) is 0 Å². The standard InChI is InChI=1S/C17H19N3O3S2/c18-10-15-3-5-16(6-4-15)13-25(21,22)9-8-23-14-24-20-12-17-2-1-7-19-11-17/h1-7,11,14,20,24H,8-9,12-13H2. The Labute approximate surface area is 151 Å². The summed E-state index contributed by atoms with van der Waals surface area (Å²) in [4.78, 5) is 4.02. The molecule has 1 aromatic heterocycles. The summed E-state index contributed by atoms with van der Waals surface area (Å²) in [5.74, 6) is -0.110. The van der Waals surface area contributed by atoms with Gasteiger partial charge in [-0.15, -0.1) is 11.5 Å². The molecule has 0 unspecified atom stereocenters. The first-order valence-corrected chi connectivity index (χ1v) is 10.3. The van der Waals surface area contributed by atoms with Crippen molar-refractivity contribution in [2.75, 3.05) is 12.4 Å². The van der Waals surface area contributed by atoms with E-state index in [2.05, 4.69) is 9.71 Å². The minimum Gasteiger partial charge on any atom is -0.346 e. The molecule has 0 radical (unpaired) electrons. The van der Waals surface area contributed by atoms with E-state index in [1.807, 2.05) is 18.2 Å². The lowest BCUT2D eigenvalue weighted by atomic mass is 10.2. The second-order valence-electron chi connectivity index (χ2n) is 5.20. The molecule has 1 heterocycles. The Balaban J connectivity index is 1.67. The molecule has 2 aromatic rings. The molecular formula is C17H19N3O3S2. The molecule has 6 nitrogen and oxygen atoms in total. The van der Waals surface area contributed by atoms with Gasteiger partial charge in [0.2, 0.25) is 0 Å². The molecule has 0 bridgehead atoms. The fraction of sp³-hybridized carbons (Fsp3) is 0.235. The Bertz CT molecular complexity index is 830. The monoisotopic (exact) mass is 377 g/mol. The lowest BCUT2D eigenvalue weighted by Crippen LogP contribution is -2.14. The van der Waals surface area contributed by atoms with Crippen LogP contribution in [-0.2, 0) is 26.9 Å². The van der Waals surface area contributed by atoms with Crippen molar-refractivity contribution >= 4 is 26.9 Å². The second kappa shape index (κ2) is 10.1. The van der Waals surface area contributed by atoms with Gasteiger partial charge in [-0.05, 0) is 29.3 Å². The smallest absolute Gasteiger partial charge is 0.156 e. The summed E-state index contributed by atoms with van der Waals surface area (Å²) in [7, 11) is -3.25. The highest BCUT2D eigenvalue weighted by Crippen LogP contribution is 2.08. The third-order valence-corrected chi connectivity index (χ3v) is 5.36. The van der Waals surface area contributed by atoms with Crippen molar-refractivity contribution in [3.8, 4) is 6.07 Å². The summed E-state index contributed by atoms with van der Waals surface area (Å²) in [5, 5.41) is 8.73. The average Bonchev–Trinajstić information content (AvgIpc) is 2.62. The first-order valence-electron chi connectivity index (χ1n) is 7.53. The highest BCUT2D eigenvalue weighted by molar-refractivity contribution is 7.95. The number of nitrogens with one attached hydrogen (secondary N) is 1. The van der Waals surface area contributed by atoms with Gasteiger partial charge in [-0.3, -0.25) is 9.71 Å². The van der Waals surface area contributed by atoms with Gasteiger partial charge >= 0.3 is 0 Å². The van der Waals surface area contributed by atoms with Crippen LogP contribution < -0.4 is 4.72 Å². The minimum absolute atomic E-state index is 0.0539. The summed E-state index contributed by atoms with van der Waals surface area (Å²) in [5.41, 5.74) is 3.78. The van der Waals surface area contributed by atoms with Gasteiger partial charge in [0.1, 0.15) is 0 Å². The largest absolute Gasteiger partial charge is 0.346 e. The minimum atomic E-state index is -3.25. The topological polar surface area (TPSA) is 92.1 Å². The SMILES string of the molecule is N#Cc1ccc(CS(=O)(=O)CCOC=[SH]NCc2cccnc2)cc1. The molecule has 2 rings (SSSR count). The van der Waals surface area contributed by atoms with Gasteiger partial charge in [-0.25, -0.2) is 8.42 Å². The predicted octanol–water partition coefficient (Wildman–Crippen LogP) is 1.81. The van der Waals surface area contributed by atoms with E-state index >= 15 is 0 Å². The number of aromatic nitrogens is 1. The van der Waals surface area contributed by atoms with E-state index in [0.717, 1.165) is 17.1 Å². The van der Waals surface area contributed by atoms with Crippen molar-refractivity contribution in [2.24, 2.45) is 0 Å². The van der Waals surface area contributed by atoms with Gasteiger partial charge in [0.25, 0.3) is 0 Å². The van der Waals surface area contributed by atoms with Crippen molar-refractivity contribution in [1.82, 2.24) is 9.71 Å². The van der Waals surface area contributed by atoms with Crippen LogP contribution in [0.1, 0.15) is 16.7 Å². The molecule has 1 aromatic carbocycles. The number of hydrogen-bond acceptors (Lipinski definition) is 6. The number of nitriles is 1. The Kier molecular flexibility index (Phi) is 7.76. The van der Waals surface area contributed by atoms with Gasteiger partial charge < -0.3 is 4.74 Å². The first-order chi connectivity index (χ1) is 12.1. The number of ether oxygens (including phenoxy) is 1. The number of sulfone groups is 1. The van der Waals surface area contributed by atoms with E-state index in [9.17, 15) is 8.42 Å². The van der Waals surface area contributed by atoms with Crippen molar-refractivity contribution in [2.45, 2.75) is 12.3 Å². The lowest BCUT2D eigenvalue weighted by Gasteiger charge is -2.04. The third kappa shape index (κ3) is 7.58. The summed E-state index contributed by atoms with van der Waals surface area (Å²) >= 11 is 0.764. The molecule has 0 fully saturated rings. The van der Waals surface area contributed by atoms with E-state index in [0.29, 0.717) is 17.7 Å². The van der Waals surface area contributed by atoms with Crippen LogP contribution in [0.3, 0.4) is 0 Å². The van der Waals surface area contributed by atoms with E-state index in [-0.39, 0.29) is 18.1 Å². The van der Waals surface area contributed by atoms with Crippen molar-refractivity contribution < 1.29 is 13.2 Å². The van der Waals surface area contributed by atoms with E-state index in [4.69, 9.17) is 10.00 Å². The lowest BCUT2D eigenvalue weighted by molar-refractivity contribution is 0.351. The number of nitrogens with zero attached hydrogens (tertiary/aromatic N) is 2. The van der Waals surface area contributed by atoms with Crippen LogP contribution in [0.5, 0.6) is 0 Å². The molecule has 1 N–H and O–H groups in total. The maximum absolute atomic E-state index is 12.0. The maximum Gasteiger partial charge on any atom is 0.156 e. The van der Waals surface area contributed by atoms with Crippen LogP contribution in [0.2, 0.25) is 0 Å². The molecule has 0 saturated carbocycles. The molecular weight excluding hydrogens is 358 g/mol. The number of rotatable bonds is 9. The highest BCUT2D eigenvalue weighted by Gasteiger charge is 2.11. The number of pyridine rings is 1. The van der Waals surface area contributed by atoms with Crippen LogP contribution in [0, 0.1) is 11.3 Å². The zero-order valence-corrected chi connectivity index (χ0v) is 15.2. The first kappa shape index (κ1) is 19.3. The Hall–Kier alpha value is -2.05. The zero-order valence-electron chi connectivity index (χ0n) is 13.5. The second-order valence-corrected chi connectivity index (χ2v) is 8.17. The van der Waals surface area contributed by atoms with Gasteiger partial charge in [0.05, 0.1) is 35.3 Å². The Morgan fingerprint density at radius 2 is 2.04 bits per heavy atom. The van der Waals surface area contributed by atoms with Crippen LogP contribution in [0.4, 0.5) is 0 Å². The summed E-state index contributed by atoms with van der Waals surface area (Å²) in [6.07, 6.45) is 3.49. The molecule has 0 spiro atoms. The van der Waals surface area contributed by atoms with Gasteiger partial charge in [0, 0.05) is 18.9 Å². The molecule has 0 aliphatic carbocycles. The summed E-state index contributed by atoms with van der Waals surface area (Å²) in [6.45, 7) is 0.770. The van der Waals surface area contributed by atoms with Gasteiger partial charge in [0.15, 0.2) is 9.84 Å². The Morgan fingerprint density at radius 1 is 1.24 bits per heavy atom. The molecule has 0 amide bonds. The van der Waals surface area contributed by atoms with Gasteiger partial charge in [-0.1, -0.05) is 18.2 Å². The molecule has 8 heteroatoms. The maximum atomic E-state index is 12.0. The van der Waals surface area contributed by atoms with Crippen molar-refractivity contribution in [3.05, 3.63) is 65.5 Å². The summed E-state index contributed by atoms with van der Waals surface area (Å²) < 4.78 is 32.5. The fourth-order valence-electron chi connectivity index (χ4n) is 1.94. The van der Waals surface area contributed by atoms with E-state index in [1.165, 1.54) is 5.55 Å². The van der Waals surface area contributed by atoms with Crippen molar-refractivity contribution in [3.63, 3.8) is 0 Å². The molecule has 0 aliphatic heterocycles. The van der Waals surface area contributed by atoms with Crippen LogP contribution in [-0.4, -0.2) is 31.3 Å². The summed E-state index contributed by atoms with van der Waals surface area (Å²) in [6, 6.07) is 12.4. The number of hydrogen-bond donors (Lipinski definition) is 2. The highest BCUT2D eigenvalue weighted by atomic mass is 32.2. The normalized spacial score (nSPS) is 11.8. The molecule has 0 saturated heterocycles. The fourth-order valence-corrected chi connectivity index (χ4v) is 3.67. The van der Waals surface area contributed by atoms with E-state index < -0.39 is 9.84 Å². The zero-order chi connectivity index (χ0) is 18.0. The molecule has 132 valence electrons. The molecule has 0 atom stereocenters. The predicted molar refractivity (Wildman–Crippen MR) is 101 cm³/mol. The number of benzene rings is 1. The average molecular weight is 377 g/mol. The van der Waals surface area contributed by atoms with Crippen LogP contribution >= 0.6 is 11.5 Å². The van der Waals surface area contributed by atoms with E-state index in [1.54, 1.807) is 36.7 Å². The van der Waals surface area contributed by atoms with Crippen molar-refractivity contribution in [1.29, 1.82) is 5.26 Å². The van der Waals surface area contributed by atoms with Crippen LogP contribution in [0.15, 0.2) is 48.8 Å². The number of thiol groups is 1. The van der Waals surface area contributed by atoms with Gasteiger partial charge in [-0.2, -0.15) is 5.26 Å². The molecule has 0 aliphatic rings. The Morgan fingerprint density at radius 3 is 2.72 bits per heavy atom. The third-order valence-electron chi connectivity index (χ3n) is 3.21. The quantitative estimate of drug-likeness (QED) is 0.393. The molecule has 25 heavy (non-hydrogen) atoms.